The fourth-order valence-electron chi connectivity index (χ4n) is 1.09. The second-order valence-corrected chi connectivity index (χ2v) is 3.34. The van der Waals surface area contributed by atoms with E-state index in [1.165, 1.54) is 0 Å². The zero-order chi connectivity index (χ0) is 11.7. The predicted molar refractivity (Wildman–Crippen MR) is 73.9 cm³/mol. The first kappa shape index (κ1) is 14.6. The molecule has 0 fully saturated rings. The van der Waals surface area contributed by atoms with Crippen LogP contribution in [0, 0.1) is 0 Å². The lowest BCUT2D eigenvalue weighted by Crippen LogP contribution is -2.16. The minimum Gasteiger partial charge on any atom is -0.309 e. The lowest BCUT2D eigenvalue weighted by molar-refractivity contribution is 0.0972. The van der Waals surface area contributed by atoms with Gasteiger partial charge in [-0.3, -0.25) is 4.79 Å². The topological polar surface area (TPSA) is 20.3 Å². The lowest BCUT2D eigenvalue weighted by atomic mass is 10.1. The zero-order valence-corrected chi connectivity index (χ0v) is 11.7. The van der Waals surface area contributed by atoms with Gasteiger partial charge < -0.3 is 4.90 Å². The summed E-state index contributed by atoms with van der Waals surface area (Å²) >= 11 is 2.15. The molecule has 0 aliphatic carbocycles. The van der Waals surface area contributed by atoms with Gasteiger partial charge >= 0.3 is 0 Å². The first-order chi connectivity index (χ1) is 7.20. The normalized spacial score (nSPS) is 9.40. The van der Waals surface area contributed by atoms with Gasteiger partial charge in [0.05, 0.1) is 0 Å². The van der Waals surface area contributed by atoms with Gasteiger partial charge in [-0.05, 0) is 19.0 Å². The van der Waals surface area contributed by atoms with Crippen LogP contribution >= 0.6 is 22.6 Å². The number of alkyl halides is 1. The summed E-state index contributed by atoms with van der Waals surface area (Å²) in [5.74, 6) is 0.217. The van der Waals surface area contributed by atoms with Crippen molar-refractivity contribution in [1.82, 2.24) is 4.90 Å². The second-order valence-electron chi connectivity index (χ2n) is 3.34. The van der Waals surface area contributed by atoms with Crippen LogP contribution in [0.5, 0.6) is 0 Å². The maximum absolute atomic E-state index is 11.5. The number of benzene rings is 1. The molecule has 0 radical (unpaired) electrons. The largest absolute Gasteiger partial charge is 0.309 e. The van der Waals surface area contributed by atoms with Crippen molar-refractivity contribution < 1.29 is 4.79 Å². The van der Waals surface area contributed by atoms with Crippen LogP contribution in [-0.4, -0.2) is 36.3 Å². The van der Waals surface area contributed by atoms with Crippen LogP contribution in [0.3, 0.4) is 0 Å². The molecule has 0 bridgehead atoms. The number of carbonyl (C=O) groups is 1. The molecule has 84 valence electrons. The molecule has 0 saturated carbocycles. The fraction of sp³-hybridized carbons (Fsp3) is 0.417. The van der Waals surface area contributed by atoms with Crippen molar-refractivity contribution in [3.63, 3.8) is 0 Å². The number of rotatable bonds is 4. The van der Waals surface area contributed by atoms with E-state index in [0.29, 0.717) is 6.42 Å². The lowest BCUT2D eigenvalue weighted by Gasteiger charge is -2.07. The van der Waals surface area contributed by atoms with E-state index in [4.69, 9.17) is 0 Å². The Balaban J connectivity index is 0.000000921. The summed E-state index contributed by atoms with van der Waals surface area (Å²) in [4.78, 5) is 15.5. The molecular formula is C12H18INO. The average molecular weight is 319 g/mol. The highest BCUT2D eigenvalue weighted by molar-refractivity contribution is 14.1. The van der Waals surface area contributed by atoms with E-state index >= 15 is 0 Å². The van der Waals surface area contributed by atoms with Crippen molar-refractivity contribution in [2.75, 3.05) is 25.6 Å². The van der Waals surface area contributed by atoms with Gasteiger partial charge in [0, 0.05) is 18.5 Å². The molecule has 0 unspecified atom stereocenters. The molecule has 1 rings (SSSR count). The smallest absolute Gasteiger partial charge is 0.164 e. The van der Waals surface area contributed by atoms with E-state index in [1.54, 1.807) is 0 Å². The number of halogens is 1. The highest BCUT2D eigenvalue weighted by Crippen LogP contribution is 2.02. The van der Waals surface area contributed by atoms with E-state index in [2.05, 4.69) is 22.6 Å². The van der Waals surface area contributed by atoms with Crippen molar-refractivity contribution >= 4 is 28.4 Å². The monoisotopic (exact) mass is 319 g/mol. The fourth-order valence-corrected chi connectivity index (χ4v) is 1.09. The van der Waals surface area contributed by atoms with Crippen molar-refractivity contribution in [2.24, 2.45) is 0 Å². The highest BCUT2D eigenvalue weighted by Gasteiger charge is 2.04. The van der Waals surface area contributed by atoms with Gasteiger partial charge in [0.1, 0.15) is 0 Å². The van der Waals surface area contributed by atoms with Crippen LogP contribution in [0.15, 0.2) is 30.3 Å². The Morgan fingerprint density at radius 2 is 1.73 bits per heavy atom. The zero-order valence-electron chi connectivity index (χ0n) is 9.53. The third kappa shape index (κ3) is 6.62. The first-order valence-electron chi connectivity index (χ1n) is 4.81. The van der Waals surface area contributed by atoms with Crippen LogP contribution in [0.4, 0.5) is 0 Å². The minimum absolute atomic E-state index is 0.217. The van der Waals surface area contributed by atoms with Gasteiger partial charge in [0.15, 0.2) is 5.78 Å². The van der Waals surface area contributed by atoms with E-state index in [-0.39, 0.29) is 5.78 Å². The van der Waals surface area contributed by atoms with Gasteiger partial charge in [-0.15, -0.1) is 0 Å². The van der Waals surface area contributed by atoms with Crippen molar-refractivity contribution in [3.8, 4) is 0 Å². The van der Waals surface area contributed by atoms with Gasteiger partial charge in [0.25, 0.3) is 0 Å². The molecule has 0 aromatic heterocycles. The van der Waals surface area contributed by atoms with E-state index in [1.807, 2.05) is 54.3 Å². The molecule has 0 heterocycles. The summed E-state index contributed by atoms with van der Waals surface area (Å²) in [6.07, 6.45) is 0.594. The van der Waals surface area contributed by atoms with Gasteiger partial charge in [-0.25, -0.2) is 0 Å². The number of hydrogen-bond donors (Lipinski definition) is 0. The molecule has 15 heavy (non-hydrogen) atoms. The van der Waals surface area contributed by atoms with Crippen molar-refractivity contribution in [1.29, 1.82) is 0 Å². The summed E-state index contributed by atoms with van der Waals surface area (Å²) in [6, 6.07) is 9.42. The molecule has 0 amide bonds. The molecule has 0 saturated heterocycles. The van der Waals surface area contributed by atoms with E-state index in [9.17, 15) is 4.79 Å². The second kappa shape index (κ2) is 8.85. The number of hydrogen-bond acceptors (Lipinski definition) is 2. The van der Waals surface area contributed by atoms with Crippen LogP contribution in [0.2, 0.25) is 0 Å². The summed E-state index contributed by atoms with van der Waals surface area (Å²) in [5.41, 5.74) is 0.810. The van der Waals surface area contributed by atoms with Crippen molar-refractivity contribution in [2.45, 2.75) is 6.42 Å². The van der Waals surface area contributed by atoms with Crippen LogP contribution in [-0.2, 0) is 0 Å². The highest BCUT2D eigenvalue weighted by atomic mass is 127. The summed E-state index contributed by atoms with van der Waals surface area (Å²) in [5, 5.41) is 0. The Bertz CT molecular complexity index is 272. The third-order valence-electron chi connectivity index (χ3n) is 1.88. The number of nitrogens with zero attached hydrogens (tertiary/aromatic N) is 1. The molecule has 2 nitrogen and oxygen atoms in total. The molecule has 0 N–H and O–H groups in total. The average Bonchev–Trinajstić information content (AvgIpc) is 2.30. The molecule has 3 heteroatoms. The van der Waals surface area contributed by atoms with E-state index < -0.39 is 0 Å². The van der Waals surface area contributed by atoms with Crippen LogP contribution in [0.1, 0.15) is 16.8 Å². The van der Waals surface area contributed by atoms with Crippen LogP contribution in [0.25, 0.3) is 0 Å². The Labute approximate surface area is 106 Å². The number of Topliss-reactive ketones (excluding diaryl/α,β-unsaturated/α-hetero) is 1. The standard InChI is InChI=1S/C11H15NO.CH3I/c1-12(2)9-8-11(13)10-6-4-3-5-7-10;1-2/h3-7H,8-9H2,1-2H3;1H3. The summed E-state index contributed by atoms with van der Waals surface area (Å²) < 4.78 is 0. The van der Waals surface area contributed by atoms with Gasteiger partial charge in [0.2, 0.25) is 0 Å². The first-order valence-corrected chi connectivity index (χ1v) is 6.96. The Hall–Kier alpha value is -0.420. The minimum atomic E-state index is 0.217. The van der Waals surface area contributed by atoms with Gasteiger partial charge in [-0.1, -0.05) is 52.9 Å². The molecule has 0 atom stereocenters. The van der Waals surface area contributed by atoms with Crippen LogP contribution < -0.4 is 0 Å². The molecule has 0 aliphatic rings. The maximum Gasteiger partial charge on any atom is 0.164 e. The Kier molecular flexibility index (Phi) is 8.61. The maximum atomic E-state index is 11.5. The third-order valence-corrected chi connectivity index (χ3v) is 1.88. The molecular weight excluding hydrogens is 301 g/mol. The summed E-state index contributed by atoms with van der Waals surface area (Å²) in [6.45, 7) is 0.813. The Morgan fingerprint density at radius 3 is 2.20 bits per heavy atom. The summed E-state index contributed by atoms with van der Waals surface area (Å²) in [7, 11) is 3.94. The molecule has 1 aromatic rings. The number of carbonyl (C=O) groups excluding carboxylic acids is 1. The molecule has 1 aromatic carbocycles. The molecule has 0 aliphatic heterocycles. The quantitative estimate of drug-likeness (QED) is 0.483. The van der Waals surface area contributed by atoms with Gasteiger partial charge in [-0.2, -0.15) is 0 Å². The van der Waals surface area contributed by atoms with Crippen molar-refractivity contribution in [3.05, 3.63) is 35.9 Å². The molecule has 0 spiro atoms. The number of ketones is 1. The van der Waals surface area contributed by atoms with E-state index in [0.717, 1.165) is 12.1 Å². The SMILES string of the molecule is CI.CN(C)CCC(=O)c1ccccc1. The Morgan fingerprint density at radius 1 is 1.20 bits per heavy atom. The predicted octanol–water partition coefficient (Wildman–Crippen LogP) is 2.87.